The van der Waals surface area contributed by atoms with Gasteiger partial charge in [-0.15, -0.1) is 0 Å². The molecule has 11 heteroatoms. The molecular weight excluding hydrogens is 442 g/mol. The lowest BCUT2D eigenvalue weighted by Gasteiger charge is -2.20. The van der Waals surface area contributed by atoms with Gasteiger partial charge in [-0.2, -0.15) is 4.98 Å². The van der Waals surface area contributed by atoms with Gasteiger partial charge in [0.2, 0.25) is 11.9 Å². The van der Waals surface area contributed by atoms with Gasteiger partial charge in [0.15, 0.2) is 5.65 Å². The molecule has 0 atom stereocenters. The van der Waals surface area contributed by atoms with Crippen LogP contribution in [0.15, 0.2) is 24.5 Å². The molecule has 34 heavy (non-hydrogen) atoms. The number of aromatic nitrogens is 6. The number of hydrogen-bond acceptors (Lipinski definition) is 6. The van der Waals surface area contributed by atoms with E-state index in [1.165, 1.54) is 23.8 Å². The predicted molar refractivity (Wildman–Crippen MR) is 124 cm³/mol. The SMILES string of the molecule is Cc1nc2ncc(-c3nc(NNC(=O)CC4CCCCC4)nc4[nH]ccc34)cc2n1CC(F)F. The highest BCUT2D eigenvalue weighted by Crippen LogP contribution is 2.29. The monoisotopic (exact) mass is 468 g/mol. The summed E-state index contributed by atoms with van der Waals surface area (Å²) in [5.41, 5.74) is 8.20. The lowest BCUT2D eigenvalue weighted by Crippen LogP contribution is -2.32. The molecule has 4 heterocycles. The largest absolute Gasteiger partial charge is 0.346 e. The average molecular weight is 469 g/mol. The number of anilines is 1. The first-order valence-corrected chi connectivity index (χ1v) is 11.5. The summed E-state index contributed by atoms with van der Waals surface area (Å²) < 4.78 is 27.7. The Morgan fingerprint density at radius 3 is 2.85 bits per heavy atom. The van der Waals surface area contributed by atoms with Crippen LogP contribution in [0, 0.1) is 12.8 Å². The smallest absolute Gasteiger partial charge is 0.256 e. The van der Waals surface area contributed by atoms with Crippen LogP contribution in [0.4, 0.5) is 14.7 Å². The number of hydrogen-bond donors (Lipinski definition) is 3. The fourth-order valence-electron chi connectivity index (χ4n) is 4.66. The van der Waals surface area contributed by atoms with Gasteiger partial charge in [0.05, 0.1) is 17.8 Å². The van der Waals surface area contributed by atoms with Crippen molar-refractivity contribution < 1.29 is 13.6 Å². The summed E-state index contributed by atoms with van der Waals surface area (Å²) >= 11 is 0. The minimum Gasteiger partial charge on any atom is -0.346 e. The number of aromatic amines is 1. The standard InChI is InChI=1S/C23H26F2N8O/c1-13-28-22-17(33(13)12-18(24)25)10-15(11-27-22)20-16-7-8-26-21(16)30-23(29-20)32-31-19(34)9-14-5-3-2-4-6-14/h7-8,10-11,14,18H,2-6,9,12H2,1H3,(H,31,34)(H2,26,29,30,32). The second-order valence-electron chi connectivity index (χ2n) is 8.74. The van der Waals surface area contributed by atoms with Crippen LogP contribution in [0.3, 0.4) is 0 Å². The van der Waals surface area contributed by atoms with Crippen molar-refractivity contribution in [3.8, 4) is 11.3 Å². The van der Waals surface area contributed by atoms with E-state index in [-0.39, 0.29) is 11.9 Å². The Balaban J connectivity index is 1.42. The van der Waals surface area contributed by atoms with Crippen molar-refractivity contribution in [1.82, 2.24) is 34.9 Å². The van der Waals surface area contributed by atoms with Crippen molar-refractivity contribution in [1.29, 1.82) is 0 Å². The number of carbonyl (C=O) groups is 1. The number of nitrogens with one attached hydrogen (secondary N) is 3. The number of imidazole rings is 1. The third kappa shape index (κ3) is 4.55. The zero-order valence-electron chi connectivity index (χ0n) is 18.8. The first-order valence-electron chi connectivity index (χ1n) is 11.5. The molecule has 178 valence electrons. The Hall–Kier alpha value is -3.63. The van der Waals surface area contributed by atoms with Crippen molar-refractivity contribution in [3.63, 3.8) is 0 Å². The molecule has 0 bridgehead atoms. The maximum atomic E-state index is 13.1. The average Bonchev–Trinajstić information content (AvgIpc) is 3.41. The van der Waals surface area contributed by atoms with Gasteiger partial charge in [0.25, 0.3) is 6.43 Å². The normalized spacial score (nSPS) is 14.8. The van der Waals surface area contributed by atoms with E-state index in [1.54, 1.807) is 25.4 Å². The minimum atomic E-state index is -2.51. The van der Waals surface area contributed by atoms with E-state index in [2.05, 4.69) is 35.8 Å². The van der Waals surface area contributed by atoms with Crippen molar-refractivity contribution in [2.75, 3.05) is 5.43 Å². The highest BCUT2D eigenvalue weighted by atomic mass is 19.3. The van der Waals surface area contributed by atoms with E-state index in [4.69, 9.17) is 0 Å². The minimum absolute atomic E-state index is 0.0990. The van der Waals surface area contributed by atoms with Crippen LogP contribution in [0.2, 0.25) is 0 Å². The molecule has 1 fully saturated rings. The summed E-state index contributed by atoms with van der Waals surface area (Å²) in [6.45, 7) is 1.22. The molecule has 1 aliphatic rings. The third-order valence-electron chi connectivity index (χ3n) is 6.32. The Morgan fingerprint density at radius 1 is 1.24 bits per heavy atom. The van der Waals surface area contributed by atoms with Gasteiger partial charge in [0, 0.05) is 29.8 Å². The molecule has 0 radical (unpaired) electrons. The molecule has 0 spiro atoms. The number of H-pyrrole nitrogens is 1. The Labute approximate surface area is 194 Å². The van der Waals surface area contributed by atoms with Gasteiger partial charge < -0.3 is 9.55 Å². The molecule has 4 aromatic rings. The van der Waals surface area contributed by atoms with Gasteiger partial charge in [-0.25, -0.2) is 23.7 Å². The van der Waals surface area contributed by atoms with Gasteiger partial charge >= 0.3 is 0 Å². The summed E-state index contributed by atoms with van der Waals surface area (Å²) in [6, 6.07) is 3.59. The van der Waals surface area contributed by atoms with Crippen LogP contribution in [-0.4, -0.2) is 41.8 Å². The van der Waals surface area contributed by atoms with Gasteiger partial charge in [-0.3, -0.25) is 15.6 Å². The predicted octanol–water partition coefficient (Wildman–Crippen LogP) is 4.36. The van der Waals surface area contributed by atoms with Crippen molar-refractivity contribution in [2.24, 2.45) is 5.92 Å². The number of fused-ring (bicyclic) bond motifs is 2. The van der Waals surface area contributed by atoms with Crippen LogP contribution in [0.5, 0.6) is 0 Å². The van der Waals surface area contributed by atoms with Gasteiger partial charge in [-0.1, -0.05) is 19.3 Å². The van der Waals surface area contributed by atoms with Crippen LogP contribution in [0.25, 0.3) is 33.5 Å². The molecule has 0 unspecified atom stereocenters. The molecule has 0 aliphatic heterocycles. The van der Waals surface area contributed by atoms with E-state index in [9.17, 15) is 13.6 Å². The van der Waals surface area contributed by atoms with Crippen molar-refractivity contribution in [2.45, 2.75) is 58.4 Å². The fourth-order valence-corrected chi connectivity index (χ4v) is 4.66. The first-order chi connectivity index (χ1) is 16.5. The Bertz CT molecular complexity index is 1330. The molecule has 4 aromatic heterocycles. The van der Waals surface area contributed by atoms with Crippen LogP contribution >= 0.6 is 0 Å². The number of alkyl halides is 2. The molecular formula is C23H26F2N8O. The van der Waals surface area contributed by atoms with Crippen molar-refractivity contribution in [3.05, 3.63) is 30.4 Å². The van der Waals surface area contributed by atoms with Gasteiger partial charge in [0.1, 0.15) is 11.5 Å². The van der Waals surface area contributed by atoms with E-state index in [0.29, 0.717) is 46.2 Å². The lowest BCUT2D eigenvalue weighted by molar-refractivity contribution is -0.121. The highest BCUT2D eigenvalue weighted by molar-refractivity contribution is 5.93. The molecule has 1 amide bonds. The fraction of sp³-hybridized carbons (Fsp3) is 0.435. The number of carbonyl (C=O) groups excluding carboxylic acids is 1. The summed E-state index contributed by atoms with van der Waals surface area (Å²) in [6.07, 6.45) is 7.07. The number of amides is 1. The maximum absolute atomic E-state index is 13.1. The molecule has 1 saturated carbocycles. The van der Waals surface area contributed by atoms with Crippen LogP contribution < -0.4 is 10.9 Å². The number of rotatable bonds is 7. The summed E-state index contributed by atoms with van der Waals surface area (Å²) in [5.74, 6) is 1.01. The molecule has 5 rings (SSSR count). The van der Waals surface area contributed by atoms with E-state index >= 15 is 0 Å². The molecule has 0 saturated heterocycles. The number of halogens is 2. The molecule has 1 aliphatic carbocycles. The van der Waals surface area contributed by atoms with E-state index in [1.807, 2.05) is 6.07 Å². The molecule has 0 aromatic carbocycles. The molecule has 9 nitrogen and oxygen atoms in total. The highest BCUT2D eigenvalue weighted by Gasteiger charge is 2.19. The van der Waals surface area contributed by atoms with Crippen LogP contribution in [0.1, 0.15) is 44.3 Å². The summed E-state index contributed by atoms with van der Waals surface area (Å²) in [7, 11) is 0. The van der Waals surface area contributed by atoms with E-state index in [0.717, 1.165) is 18.2 Å². The van der Waals surface area contributed by atoms with Gasteiger partial charge in [-0.05, 0) is 37.8 Å². The maximum Gasteiger partial charge on any atom is 0.256 e. The molecule has 3 N–H and O–H groups in total. The zero-order valence-corrected chi connectivity index (χ0v) is 18.8. The van der Waals surface area contributed by atoms with E-state index < -0.39 is 13.0 Å². The quantitative estimate of drug-likeness (QED) is 0.348. The topological polar surface area (TPSA) is 113 Å². The zero-order chi connectivity index (χ0) is 23.7. The number of nitrogens with zero attached hydrogens (tertiary/aromatic N) is 5. The second-order valence-corrected chi connectivity index (χ2v) is 8.74. The van der Waals surface area contributed by atoms with Crippen molar-refractivity contribution >= 4 is 34.1 Å². The lowest BCUT2D eigenvalue weighted by atomic mass is 9.87. The number of pyridine rings is 1. The Kier molecular flexibility index (Phi) is 6.08. The first kappa shape index (κ1) is 22.2. The number of hydrazine groups is 1. The van der Waals surface area contributed by atoms with Crippen LogP contribution in [-0.2, 0) is 11.3 Å². The summed E-state index contributed by atoms with van der Waals surface area (Å²) in [4.78, 5) is 33.2. The number of aryl methyl sites for hydroxylation is 1. The third-order valence-corrected chi connectivity index (χ3v) is 6.32. The Morgan fingerprint density at radius 2 is 2.06 bits per heavy atom. The summed E-state index contributed by atoms with van der Waals surface area (Å²) in [5, 5.41) is 0.747. The second kappa shape index (κ2) is 9.32.